The second kappa shape index (κ2) is 5.46. The Hall–Kier alpha value is 1.13. The maximum absolute atomic E-state index is 2.44. The van der Waals surface area contributed by atoms with E-state index < -0.39 is 14.4 Å². The van der Waals surface area contributed by atoms with Crippen LogP contribution < -0.4 is 0 Å². The molecule has 0 aromatic heterocycles. The van der Waals surface area contributed by atoms with Gasteiger partial charge >= 0.3 is 0 Å². The molecule has 0 unspecified atom stereocenters. The van der Waals surface area contributed by atoms with E-state index >= 15 is 0 Å². The van der Waals surface area contributed by atoms with E-state index in [-0.39, 0.29) is 0 Å². The molecule has 0 aliphatic carbocycles. The Morgan fingerprint density at radius 1 is 0.643 bits per heavy atom. The minimum atomic E-state index is -0.940. The third kappa shape index (κ3) is 8.44. The molecule has 0 aromatic rings. The molecule has 0 spiro atoms. The van der Waals surface area contributed by atoms with Gasteiger partial charge in [0.25, 0.3) is 0 Å². The molecule has 2 atom stereocenters. The Morgan fingerprint density at radius 2 is 0.857 bits per heavy atom. The summed E-state index contributed by atoms with van der Waals surface area (Å²) >= 11 is 4.49. The first kappa shape index (κ1) is 15.1. The predicted octanol–water partition coefficient (Wildman–Crippen LogP) is 4.90. The van der Waals surface area contributed by atoms with Crippen LogP contribution in [0, 0.1) is 0 Å². The van der Waals surface area contributed by atoms with E-state index in [4.69, 9.17) is 0 Å². The summed E-state index contributed by atoms with van der Waals surface area (Å²) < 4.78 is 0. The predicted molar refractivity (Wildman–Crippen MR) is 80.8 cm³/mol. The molecule has 0 heterocycles. The van der Waals surface area contributed by atoms with Crippen molar-refractivity contribution < 1.29 is 0 Å². The van der Waals surface area contributed by atoms with Crippen LogP contribution in [0.25, 0.3) is 0 Å². The zero-order chi connectivity index (χ0) is 11.6. The zero-order valence-corrected chi connectivity index (χ0v) is 14.6. The van der Waals surface area contributed by atoms with E-state index in [2.05, 4.69) is 75.6 Å². The SMILES string of the molecule is C[C@H](S[Si](C)(C)C)[C@H](C)S[Si](C)(C)C. The summed E-state index contributed by atoms with van der Waals surface area (Å²) in [7, 11) is -1.88. The first-order valence-corrected chi connectivity index (χ1v) is 15.6. The van der Waals surface area contributed by atoms with Gasteiger partial charge in [0.2, 0.25) is 0 Å². The molecule has 0 nitrogen and oxygen atoms in total. The van der Waals surface area contributed by atoms with Crippen LogP contribution in [0.4, 0.5) is 0 Å². The molecule has 0 saturated heterocycles. The molecule has 14 heavy (non-hydrogen) atoms. The molecule has 0 radical (unpaired) electrons. The highest BCUT2D eigenvalue weighted by Gasteiger charge is 2.26. The summed E-state index contributed by atoms with van der Waals surface area (Å²) in [5, 5.41) is 1.64. The van der Waals surface area contributed by atoms with E-state index in [1.807, 2.05) is 0 Å². The van der Waals surface area contributed by atoms with Crippen molar-refractivity contribution in [2.75, 3.05) is 0 Å². The Kier molecular flexibility index (Phi) is 5.90. The highest BCUT2D eigenvalue weighted by atomic mass is 32.4. The van der Waals surface area contributed by atoms with Crippen molar-refractivity contribution in [3.05, 3.63) is 0 Å². The lowest BCUT2D eigenvalue weighted by molar-refractivity contribution is 0.936. The largest absolute Gasteiger partial charge is 0.182 e. The third-order valence-corrected chi connectivity index (χ3v) is 11.4. The molecule has 0 N–H and O–H groups in total. The van der Waals surface area contributed by atoms with Crippen LogP contribution >= 0.6 is 22.4 Å². The molecule has 0 fully saturated rings. The van der Waals surface area contributed by atoms with E-state index in [0.29, 0.717) is 0 Å². The monoisotopic (exact) mass is 266 g/mol. The van der Waals surface area contributed by atoms with Crippen LogP contribution in [0.5, 0.6) is 0 Å². The molecule has 86 valence electrons. The van der Waals surface area contributed by atoms with Gasteiger partial charge in [0.05, 0.1) is 0 Å². The number of hydrogen-bond donors (Lipinski definition) is 0. The van der Waals surface area contributed by atoms with Gasteiger partial charge in [-0.15, -0.1) is 0 Å². The topological polar surface area (TPSA) is 0 Å². The van der Waals surface area contributed by atoms with Gasteiger partial charge in [-0.3, -0.25) is 0 Å². The molecule has 0 bridgehead atoms. The minimum absolute atomic E-state index is 0.818. The highest BCUT2D eigenvalue weighted by Crippen LogP contribution is 2.35. The fraction of sp³-hybridized carbons (Fsp3) is 1.00. The summed E-state index contributed by atoms with van der Waals surface area (Å²) in [4.78, 5) is 0. The summed E-state index contributed by atoms with van der Waals surface area (Å²) in [6, 6.07) is 0. The molecular formula is C10H26S2Si2. The normalized spacial score (nSPS) is 18.0. The van der Waals surface area contributed by atoms with Crippen molar-refractivity contribution in [1.29, 1.82) is 0 Å². The lowest BCUT2D eigenvalue weighted by atomic mass is 10.4. The summed E-state index contributed by atoms with van der Waals surface area (Å²) in [5.41, 5.74) is 0. The van der Waals surface area contributed by atoms with Crippen molar-refractivity contribution in [3.63, 3.8) is 0 Å². The van der Waals surface area contributed by atoms with Gasteiger partial charge < -0.3 is 0 Å². The van der Waals surface area contributed by atoms with Crippen LogP contribution in [-0.4, -0.2) is 24.9 Å². The van der Waals surface area contributed by atoms with Crippen molar-refractivity contribution >= 4 is 36.9 Å². The molecule has 0 aliphatic rings. The summed E-state index contributed by atoms with van der Waals surface area (Å²) in [6.07, 6.45) is 0. The van der Waals surface area contributed by atoms with Gasteiger partial charge in [0.15, 0.2) is 0 Å². The Morgan fingerprint density at radius 3 is 1.00 bits per heavy atom. The molecule has 4 heteroatoms. The summed E-state index contributed by atoms with van der Waals surface area (Å²) in [6.45, 7) is 19.5. The van der Waals surface area contributed by atoms with E-state index in [0.717, 1.165) is 10.5 Å². The second-order valence-corrected chi connectivity index (χ2v) is 25.0. The number of rotatable bonds is 5. The fourth-order valence-electron chi connectivity index (χ4n) is 1.31. The van der Waals surface area contributed by atoms with Gasteiger partial charge in [0, 0.05) is 10.5 Å². The molecule has 0 amide bonds. The lowest BCUT2D eigenvalue weighted by Crippen LogP contribution is -2.28. The molecule has 0 saturated carbocycles. The minimum Gasteiger partial charge on any atom is -0.182 e. The maximum Gasteiger partial charge on any atom is 0.108 e. The Balaban J connectivity index is 4.07. The molecule has 0 aliphatic heterocycles. The maximum atomic E-state index is 2.44. The molecular weight excluding hydrogens is 240 g/mol. The van der Waals surface area contributed by atoms with Gasteiger partial charge in [-0.25, -0.2) is 0 Å². The highest BCUT2D eigenvalue weighted by molar-refractivity contribution is 8.32. The van der Waals surface area contributed by atoms with Crippen molar-refractivity contribution in [1.82, 2.24) is 0 Å². The number of hydrogen-bond acceptors (Lipinski definition) is 2. The standard InChI is InChI=1S/C10H26S2Si2/c1-9(11-13(3,4)5)10(2)12-14(6,7)8/h9-10H,1-8H3/t9-,10-/m0/s1. The van der Waals surface area contributed by atoms with Crippen LogP contribution in [0.2, 0.25) is 39.3 Å². The van der Waals surface area contributed by atoms with Crippen molar-refractivity contribution in [2.45, 2.75) is 63.6 Å². The van der Waals surface area contributed by atoms with Crippen LogP contribution in [0.3, 0.4) is 0 Å². The summed E-state index contributed by atoms with van der Waals surface area (Å²) in [5.74, 6) is 0. The smallest absolute Gasteiger partial charge is 0.108 e. The van der Waals surface area contributed by atoms with Gasteiger partial charge in [-0.05, 0) is 0 Å². The van der Waals surface area contributed by atoms with Gasteiger partial charge in [-0.1, -0.05) is 53.1 Å². The van der Waals surface area contributed by atoms with E-state index in [1.165, 1.54) is 0 Å². The Labute approximate surface area is 100 Å². The average molecular weight is 267 g/mol. The van der Waals surface area contributed by atoms with Gasteiger partial charge in [-0.2, -0.15) is 22.4 Å². The van der Waals surface area contributed by atoms with Crippen LogP contribution in [0.15, 0.2) is 0 Å². The lowest BCUT2D eigenvalue weighted by Gasteiger charge is -2.29. The second-order valence-electron chi connectivity index (χ2n) is 5.87. The molecule has 0 rings (SSSR count). The van der Waals surface area contributed by atoms with Gasteiger partial charge in [0.1, 0.15) is 14.4 Å². The third-order valence-electron chi connectivity index (χ3n) is 1.74. The quantitative estimate of drug-likeness (QED) is 0.649. The first-order chi connectivity index (χ1) is 6.01. The van der Waals surface area contributed by atoms with E-state index in [9.17, 15) is 0 Å². The van der Waals surface area contributed by atoms with Crippen LogP contribution in [-0.2, 0) is 0 Å². The van der Waals surface area contributed by atoms with E-state index in [1.54, 1.807) is 0 Å². The van der Waals surface area contributed by atoms with Crippen LogP contribution in [0.1, 0.15) is 13.8 Å². The Bertz CT molecular complexity index is 150. The first-order valence-electron chi connectivity index (χ1n) is 5.37. The van der Waals surface area contributed by atoms with Crippen molar-refractivity contribution in [3.8, 4) is 0 Å². The molecule has 0 aromatic carbocycles. The zero-order valence-electron chi connectivity index (χ0n) is 11.0. The average Bonchev–Trinajstić information content (AvgIpc) is 1.78. The fourth-order valence-corrected chi connectivity index (χ4v) is 12.8. The van der Waals surface area contributed by atoms with Crippen molar-refractivity contribution in [2.24, 2.45) is 0 Å².